The van der Waals surface area contributed by atoms with E-state index in [1.165, 1.54) is 0 Å². The number of carbonyl (C=O) groups is 1. The molecule has 0 rings (SSSR count). The fraction of sp³-hybridized carbons (Fsp3) is 0.682. The van der Waals surface area contributed by atoms with Crippen LogP contribution >= 0.6 is 0 Å². The zero-order valence-electron chi connectivity index (χ0n) is 16.4. The minimum Gasteiger partial charge on any atom is -0.481 e. The van der Waals surface area contributed by atoms with Crippen LogP contribution in [-0.4, -0.2) is 33.5 Å². The van der Waals surface area contributed by atoms with Crippen molar-refractivity contribution in [3.63, 3.8) is 0 Å². The van der Waals surface area contributed by atoms with Crippen LogP contribution in [0.1, 0.15) is 84.0 Å². The Balaban J connectivity index is 3.57. The SMILES string of the molecule is CCCCCC(O)C(O)CC=CCC=CCC=CCCCCCC(=O)O. The van der Waals surface area contributed by atoms with Crippen LogP contribution in [0.15, 0.2) is 36.5 Å². The first-order valence-corrected chi connectivity index (χ1v) is 10.1. The number of hydrogen-bond donors (Lipinski definition) is 3. The Morgan fingerprint density at radius 1 is 0.808 bits per heavy atom. The number of unbranched alkanes of at least 4 members (excludes halogenated alkanes) is 5. The molecular weight excluding hydrogens is 328 g/mol. The van der Waals surface area contributed by atoms with Gasteiger partial charge in [-0.15, -0.1) is 0 Å². The predicted molar refractivity (Wildman–Crippen MR) is 108 cm³/mol. The summed E-state index contributed by atoms with van der Waals surface area (Å²) in [5, 5.41) is 28.2. The maximum atomic E-state index is 10.4. The summed E-state index contributed by atoms with van der Waals surface area (Å²) in [4.78, 5) is 10.4. The van der Waals surface area contributed by atoms with Crippen molar-refractivity contribution in [3.8, 4) is 0 Å². The number of aliphatic hydroxyl groups is 2. The average molecular weight is 367 g/mol. The summed E-state index contributed by atoms with van der Waals surface area (Å²) in [5.74, 6) is -0.711. The first-order chi connectivity index (χ1) is 12.6. The van der Waals surface area contributed by atoms with Crippen molar-refractivity contribution < 1.29 is 20.1 Å². The Hall–Kier alpha value is -1.39. The van der Waals surface area contributed by atoms with Crippen molar-refractivity contribution in [2.75, 3.05) is 0 Å². The normalized spacial score (nSPS) is 14.6. The summed E-state index contributed by atoms with van der Waals surface area (Å²) in [6.07, 6.45) is 21.3. The average Bonchev–Trinajstić information content (AvgIpc) is 2.61. The van der Waals surface area contributed by atoms with E-state index in [1.807, 2.05) is 12.2 Å². The number of carboxylic acid groups (broad SMARTS) is 1. The maximum Gasteiger partial charge on any atom is 0.303 e. The van der Waals surface area contributed by atoms with E-state index < -0.39 is 18.2 Å². The molecule has 0 saturated heterocycles. The van der Waals surface area contributed by atoms with Crippen molar-refractivity contribution in [1.82, 2.24) is 0 Å². The molecule has 26 heavy (non-hydrogen) atoms. The molecule has 0 aliphatic rings. The summed E-state index contributed by atoms with van der Waals surface area (Å²) in [6, 6.07) is 0. The van der Waals surface area contributed by atoms with E-state index in [0.29, 0.717) is 12.8 Å². The van der Waals surface area contributed by atoms with Crippen molar-refractivity contribution in [3.05, 3.63) is 36.5 Å². The highest BCUT2D eigenvalue weighted by molar-refractivity contribution is 5.66. The second-order valence-corrected chi connectivity index (χ2v) is 6.74. The molecule has 3 N–H and O–H groups in total. The van der Waals surface area contributed by atoms with Crippen LogP contribution in [0.4, 0.5) is 0 Å². The van der Waals surface area contributed by atoms with E-state index in [-0.39, 0.29) is 6.42 Å². The number of carboxylic acids is 1. The third-order valence-corrected chi connectivity index (χ3v) is 4.23. The van der Waals surface area contributed by atoms with Crippen LogP contribution in [-0.2, 0) is 4.79 Å². The summed E-state index contributed by atoms with van der Waals surface area (Å²) in [7, 11) is 0. The van der Waals surface area contributed by atoms with Gasteiger partial charge in [-0.3, -0.25) is 4.79 Å². The first-order valence-electron chi connectivity index (χ1n) is 10.1. The molecule has 2 unspecified atom stereocenters. The van der Waals surface area contributed by atoms with E-state index in [9.17, 15) is 15.0 Å². The Labute approximate surface area is 159 Å². The van der Waals surface area contributed by atoms with Gasteiger partial charge in [-0.2, -0.15) is 0 Å². The van der Waals surface area contributed by atoms with E-state index in [0.717, 1.165) is 57.8 Å². The van der Waals surface area contributed by atoms with Crippen LogP contribution in [0.25, 0.3) is 0 Å². The molecule has 0 aliphatic heterocycles. The van der Waals surface area contributed by atoms with Crippen LogP contribution in [0.2, 0.25) is 0 Å². The molecule has 0 heterocycles. The molecule has 0 spiro atoms. The Morgan fingerprint density at radius 3 is 2.12 bits per heavy atom. The van der Waals surface area contributed by atoms with Gasteiger partial charge in [-0.1, -0.05) is 69.1 Å². The number of aliphatic hydroxyl groups excluding tert-OH is 2. The predicted octanol–water partition coefficient (Wildman–Crippen LogP) is 5.16. The number of rotatable bonds is 17. The monoisotopic (exact) mass is 366 g/mol. The number of hydrogen-bond acceptors (Lipinski definition) is 3. The van der Waals surface area contributed by atoms with Crippen molar-refractivity contribution >= 4 is 5.97 Å². The second kappa shape index (κ2) is 18.4. The minimum absolute atomic E-state index is 0.273. The second-order valence-electron chi connectivity index (χ2n) is 6.74. The third-order valence-electron chi connectivity index (χ3n) is 4.23. The van der Waals surface area contributed by atoms with Crippen LogP contribution in [0.5, 0.6) is 0 Å². The van der Waals surface area contributed by atoms with Crippen LogP contribution in [0.3, 0.4) is 0 Å². The molecule has 0 saturated carbocycles. The molecule has 0 fully saturated rings. The van der Waals surface area contributed by atoms with Gasteiger partial charge in [0.05, 0.1) is 12.2 Å². The van der Waals surface area contributed by atoms with Gasteiger partial charge < -0.3 is 15.3 Å². The fourth-order valence-electron chi connectivity index (χ4n) is 2.56. The molecular formula is C22H38O4. The Bertz CT molecular complexity index is 412. The zero-order chi connectivity index (χ0) is 19.5. The van der Waals surface area contributed by atoms with Crippen molar-refractivity contribution in [2.24, 2.45) is 0 Å². The molecule has 4 heteroatoms. The molecule has 0 bridgehead atoms. The summed E-state index contributed by atoms with van der Waals surface area (Å²) >= 11 is 0. The highest BCUT2D eigenvalue weighted by atomic mass is 16.4. The van der Waals surface area contributed by atoms with Gasteiger partial charge in [0.15, 0.2) is 0 Å². The highest BCUT2D eigenvalue weighted by Crippen LogP contribution is 2.10. The smallest absolute Gasteiger partial charge is 0.303 e. The molecule has 0 aliphatic carbocycles. The minimum atomic E-state index is -0.711. The van der Waals surface area contributed by atoms with Crippen molar-refractivity contribution in [2.45, 2.75) is 96.2 Å². The molecule has 150 valence electrons. The zero-order valence-corrected chi connectivity index (χ0v) is 16.4. The summed E-state index contributed by atoms with van der Waals surface area (Å²) < 4.78 is 0. The molecule has 0 aromatic rings. The van der Waals surface area contributed by atoms with Gasteiger partial charge in [0.1, 0.15) is 0 Å². The summed E-state index contributed by atoms with van der Waals surface area (Å²) in [6.45, 7) is 2.13. The highest BCUT2D eigenvalue weighted by Gasteiger charge is 2.13. The largest absolute Gasteiger partial charge is 0.481 e. The van der Waals surface area contributed by atoms with Crippen LogP contribution in [0, 0.1) is 0 Å². The maximum absolute atomic E-state index is 10.4. The van der Waals surface area contributed by atoms with E-state index in [2.05, 4.69) is 31.2 Å². The first kappa shape index (κ1) is 24.6. The van der Waals surface area contributed by atoms with Crippen molar-refractivity contribution in [1.29, 1.82) is 0 Å². The Morgan fingerprint density at radius 2 is 1.46 bits per heavy atom. The Kier molecular flexibility index (Phi) is 17.4. The van der Waals surface area contributed by atoms with Gasteiger partial charge in [0.25, 0.3) is 0 Å². The molecule has 0 radical (unpaired) electrons. The lowest BCUT2D eigenvalue weighted by molar-refractivity contribution is -0.137. The number of aliphatic carboxylic acids is 1. The fourth-order valence-corrected chi connectivity index (χ4v) is 2.56. The molecule has 0 amide bonds. The standard InChI is InChI=1S/C22H38O4/c1-2-3-14-17-20(23)21(24)18-15-12-10-8-6-4-5-7-9-11-13-16-19-22(25)26/h5-8,12,15,20-21,23-24H,2-4,9-11,13-14,16-19H2,1H3,(H,25,26). The molecule has 4 nitrogen and oxygen atoms in total. The number of allylic oxidation sites excluding steroid dienone is 5. The molecule has 0 aromatic carbocycles. The van der Waals surface area contributed by atoms with E-state index >= 15 is 0 Å². The lowest BCUT2D eigenvalue weighted by Crippen LogP contribution is -2.25. The van der Waals surface area contributed by atoms with Gasteiger partial charge in [-0.05, 0) is 44.9 Å². The van der Waals surface area contributed by atoms with Gasteiger partial charge in [0.2, 0.25) is 0 Å². The third kappa shape index (κ3) is 17.4. The van der Waals surface area contributed by atoms with Gasteiger partial charge >= 0.3 is 5.97 Å². The molecule has 0 aromatic heterocycles. The van der Waals surface area contributed by atoms with Gasteiger partial charge in [-0.25, -0.2) is 0 Å². The van der Waals surface area contributed by atoms with Crippen LogP contribution < -0.4 is 0 Å². The van der Waals surface area contributed by atoms with E-state index in [4.69, 9.17) is 5.11 Å². The summed E-state index contributed by atoms with van der Waals surface area (Å²) in [5.41, 5.74) is 0. The molecule has 2 atom stereocenters. The quantitative estimate of drug-likeness (QED) is 0.245. The lowest BCUT2D eigenvalue weighted by Gasteiger charge is -2.15. The van der Waals surface area contributed by atoms with E-state index in [1.54, 1.807) is 0 Å². The lowest BCUT2D eigenvalue weighted by atomic mass is 10.0. The van der Waals surface area contributed by atoms with Gasteiger partial charge in [0, 0.05) is 6.42 Å². The topological polar surface area (TPSA) is 77.8 Å².